The fourth-order valence-corrected chi connectivity index (χ4v) is 3.14. The van der Waals surface area contributed by atoms with E-state index in [-0.39, 0.29) is 36.0 Å². The van der Waals surface area contributed by atoms with Gasteiger partial charge in [0.05, 0.1) is 7.11 Å². The first kappa shape index (κ1) is 27.5. The molecule has 0 radical (unpaired) electrons. The molecule has 0 fully saturated rings. The minimum absolute atomic E-state index is 0. The average molecular weight is 385 g/mol. The number of hydrogen-bond acceptors (Lipinski definition) is 4. The van der Waals surface area contributed by atoms with E-state index in [9.17, 15) is 13.2 Å². The summed E-state index contributed by atoms with van der Waals surface area (Å²) in [6.07, 6.45) is 19.9. The topological polar surface area (TPSA) is 60.4 Å². The SMILES string of the molecule is CCCCCCCC/C=C\CCCCCCCC(=O)S(=O)(=O)OC.[NaH]. The van der Waals surface area contributed by atoms with Crippen molar-refractivity contribution >= 4 is 44.8 Å². The van der Waals surface area contributed by atoms with E-state index < -0.39 is 15.2 Å². The zero-order valence-corrected chi connectivity index (χ0v) is 16.4. The van der Waals surface area contributed by atoms with Crippen LogP contribution in [0.5, 0.6) is 0 Å². The number of rotatable bonds is 16. The van der Waals surface area contributed by atoms with Crippen LogP contribution in [-0.2, 0) is 19.1 Å². The van der Waals surface area contributed by atoms with Crippen molar-refractivity contribution in [1.82, 2.24) is 0 Å². The van der Waals surface area contributed by atoms with Gasteiger partial charge < -0.3 is 0 Å². The molecule has 0 aliphatic rings. The van der Waals surface area contributed by atoms with Gasteiger partial charge in [0.1, 0.15) is 0 Å². The summed E-state index contributed by atoms with van der Waals surface area (Å²) in [5, 5.41) is -0.803. The van der Waals surface area contributed by atoms with Gasteiger partial charge in [0, 0.05) is 6.42 Å². The fourth-order valence-electron chi connectivity index (χ4n) is 2.56. The van der Waals surface area contributed by atoms with Crippen molar-refractivity contribution in [3.8, 4) is 0 Å². The zero-order chi connectivity index (χ0) is 18.1. The van der Waals surface area contributed by atoms with Crippen LogP contribution < -0.4 is 0 Å². The fraction of sp³-hybridized carbons (Fsp3) is 0.842. The van der Waals surface area contributed by atoms with E-state index in [1.165, 1.54) is 44.9 Å². The van der Waals surface area contributed by atoms with E-state index >= 15 is 0 Å². The molecule has 0 atom stereocenters. The van der Waals surface area contributed by atoms with Crippen LogP contribution in [0.15, 0.2) is 12.2 Å². The molecule has 25 heavy (non-hydrogen) atoms. The third kappa shape index (κ3) is 17.5. The second-order valence-corrected chi connectivity index (χ2v) is 8.02. The van der Waals surface area contributed by atoms with Crippen molar-refractivity contribution in [2.75, 3.05) is 7.11 Å². The molecule has 0 bridgehead atoms. The Kier molecular flexibility index (Phi) is 21.0. The Morgan fingerprint density at radius 2 is 1.24 bits per heavy atom. The van der Waals surface area contributed by atoms with Crippen LogP contribution in [-0.4, -0.2) is 50.2 Å². The maximum atomic E-state index is 11.3. The molecule has 4 nitrogen and oxygen atoms in total. The first-order chi connectivity index (χ1) is 11.5. The number of carbonyl (C=O) groups is 1. The molecular formula is C19H37NaO4S. The molecule has 0 saturated heterocycles. The van der Waals surface area contributed by atoms with E-state index in [4.69, 9.17) is 0 Å². The predicted octanol–water partition coefficient (Wildman–Crippen LogP) is 4.88. The Balaban J connectivity index is 0. The van der Waals surface area contributed by atoms with Gasteiger partial charge in [0.2, 0.25) is 0 Å². The second kappa shape index (κ2) is 19.1. The van der Waals surface area contributed by atoms with Gasteiger partial charge in [-0.15, -0.1) is 0 Å². The summed E-state index contributed by atoms with van der Waals surface area (Å²) < 4.78 is 26.4. The molecule has 0 aromatic carbocycles. The molecule has 0 rings (SSSR count). The van der Waals surface area contributed by atoms with Crippen molar-refractivity contribution in [2.24, 2.45) is 0 Å². The van der Waals surface area contributed by atoms with E-state index in [1.807, 2.05) is 0 Å². The van der Waals surface area contributed by atoms with Gasteiger partial charge in [-0.1, -0.05) is 70.4 Å². The van der Waals surface area contributed by atoms with Crippen LogP contribution in [0.2, 0.25) is 0 Å². The van der Waals surface area contributed by atoms with Crippen LogP contribution in [0.3, 0.4) is 0 Å². The molecule has 0 heterocycles. The molecule has 0 aliphatic carbocycles. The third-order valence-electron chi connectivity index (χ3n) is 4.14. The van der Waals surface area contributed by atoms with Crippen molar-refractivity contribution in [3.05, 3.63) is 12.2 Å². The minimum atomic E-state index is -3.97. The van der Waals surface area contributed by atoms with E-state index in [0.717, 1.165) is 39.2 Å². The van der Waals surface area contributed by atoms with Crippen molar-refractivity contribution in [2.45, 2.75) is 96.8 Å². The Hall–Kier alpha value is 0.320. The summed E-state index contributed by atoms with van der Waals surface area (Å²) in [7, 11) is -2.94. The first-order valence-electron chi connectivity index (χ1n) is 9.53. The Morgan fingerprint density at radius 3 is 1.72 bits per heavy atom. The third-order valence-corrected chi connectivity index (χ3v) is 5.34. The van der Waals surface area contributed by atoms with Crippen LogP contribution in [0, 0.1) is 0 Å². The van der Waals surface area contributed by atoms with Crippen molar-refractivity contribution in [3.63, 3.8) is 0 Å². The maximum absolute atomic E-state index is 11.3. The molecule has 6 heteroatoms. The van der Waals surface area contributed by atoms with Gasteiger partial charge in [-0.2, -0.15) is 8.42 Å². The second-order valence-electron chi connectivity index (χ2n) is 6.33. The van der Waals surface area contributed by atoms with E-state index in [2.05, 4.69) is 23.3 Å². The van der Waals surface area contributed by atoms with Crippen molar-refractivity contribution < 1.29 is 17.4 Å². The van der Waals surface area contributed by atoms with Crippen molar-refractivity contribution in [1.29, 1.82) is 0 Å². The molecule has 0 saturated carbocycles. The summed E-state index contributed by atoms with van der Waals surface area (Å²) >= 11 is 0. The standard InChI is InChI=1S/C19H36O4S.Na.H/c1-3-4-5-6-7-8-9-10-11-12-13-14-15-16-17-18-19(20)24(21,22)23-2;;/h10-11H,3-9,12-18H2,1-2H3;;/b11-10-;;. The molecule has 0 N–H and O–H groups in total. The summed E-state index contributed by atoms with van der Waals surface area (Å²) in [5.74, 6) is 0. The number of allylic oxidation sites excluding steroid dienone is 2. The molecule has 0 unspecified atom stereocenters. The average Bonchev–Trinajstić information content (AvgIpc) is 2.58. The Bertz CT molecular complexity index is 433. The Morgan fingerprint density at radius 1 is 0.800 bits per heavy atom. The molecule has 0 amide bonds. The van der Waals surface area contributed by atoms with E-state index in [1.54, 1.807) is 0 Å². The van der Waals surface area contributed by atoms with Crippen LogP contribution in [0.25, 0.3) is 0 Å². The van der Waals surface area contributed by atoms with E-state index in [0.29, 0.717) is 6.42 Å². The van der Waals surface area contributed by atoms with Gasteiger partial charge in [-0.3, -0.25) is 8.98 Å². The Labute approximate surface area is 177 Å². The first-order valence-corrected chi connectivity index (χ1v) is 10.9. The van der Waals surface area contributed by atoms with Gasteiger partial charge >= 0.3 is 39.7 Å². The van der Waals surface area contributed by atoms with Crippen LogP contribution >= 0.6 is 0 Å². The summed E-state index contributed by atoms with van der Waals surface area (Å²) in [6.45, 7) is 2.24. The molecule has 144 valence electrons. The number of carbonyl (C=O) groups excluding carboxylic acids is 1. The zero-order valence-electron chi connectivity index (χ0n) is 15.6. The van der Waals surface area contributed by atoms with Crippen LogP contribution in [0.1, 0.15) is 96.8 Å². The van der Waals surface area contributed by atoms with Gasteiger partial charge in [-0.25, -0.2) is 0 Å². The summed E-state index contributed by atoms with van der Waals surface area (Å²) in [4.78, 5) is 11.3. The predicted molar refractivity (Wildman–Crippen MR) is 108 cm³/mol. The van der Waals surface area contributed by atoms with Gasteiger partial charge in [0.25, 0.3) is 5.12 Å². The molecule has 0 aromatic rings. The molecule has 0 spiro atoms. The van der Waals surface area contributed by atoms with Crippen LogP contribution in [0.4, 0.5) is 0 Å². The summed E-state index contributed by atoms with van der Waals surface area (Å²) in [6, 6.07) is 0. The normalized spacial score (nSPS) is 11.6. The monoisotopic (exact) mass is 384 g/mol. The van der Waals surface area contributed by atoms with Gasteiger partial charge in [0.15, 0.2) is 0 Å². The quantitative estimate of drug-likeness (QED) is 0.165. The molecular weight excluding hydrogens is 347 g/mol. The summed E-state index contributed by atoms with van der Waals surface area (Å²) in [5.41, 5.74) is 0. The molecule has 0 aromatic heterocycles. The van der Waals surface area contributed by atoms with Gasteiger partial charge in [-0.05, 0) is 32.1 Å². The molecule has 0 aliphatic heterocycles. The number of unbranched alkanes of at least 4 members (excludes halogenated alkanes) is 11. The number of hydrogen-bond donors (Lipinski definition) is 0.